The van der Waals surface area contributed by atoms with Gasteiger partial charge in [-0.1, -0.05) is 42.5 Å². The number of nitrogens with zero attached hydrogens (tertiary/aromatic N) is 2. The van der Waals surface area contributed by atoms with Gasteiger partial charge in [0.1, 0.15) is 5.82 Å². The molecule has 4 nitrogen and oxygen atoms in total. The Bertz CT molecular complexity index is 1030. The molecule has 2 atom stereocenters. The topological polar surface area (TPSA) is 39.3 Å². The molecule has 5 heteroatoms. The zero-order valence-electron chi connectivity index (χ0n) is 16.0. The third-order valence-electron chi connectivity index (χ3n) is 6.33. The Balaban J connectivity index is 1.29. The summed E-state index contributed by atoms with van der Waals surface area (Å²) in [5.41, 5.74) is 3.62. The number of aromatic amines is 1. The van der Waals surface area contributed by atoms with Gasteiger partial charge in [-0.3, -0.25) is 9.69 Å². The molecule has 1 aromatic heterocycles. The molecule has 2 aromatic carbocycles. The van der Waals surface area contributed by atoms with Crippen molar-refractivity contribution in [1.29, 1.82) is 0 Å². The van der Waals surface area contributed by atoms with Crippen molar-refractivity contribution in [1.82, 2.24) is 14.8 Å². The van der Waals surface area contributed by atoms with Crippen LogP contribution in [0, 0.1) is 12.7 Å². The SMILES string of the molecule is Cc1[nH]c2c(F)cccc2c1CC(=O)N1C[C@@H]2C[C@H]1CN2Cc1ccccc1. The lowest BCUT2D eigenvalue weighted by molar-refractivity contribution is -0.132. The summed E-state index contributed by atoms with van der Waals surface area (Å²) >= 11 is 0. The first-order chi connectivity index (χ1) is 13.6. The second-order valence-electron chi connectivity index (χ2n) is 8.07. The van der Waals surface area contributed by atoms with Crippen LogP contribution in [0.15, 0.2) is 48.5 Å². The lowest BCUT2D eigenvalue weighted by atomic mass is 10.1. The molecule has 0 saturated carbocycles. The van der Waals surface area contributed by atoms with E-state index in [9.17, 15) is 9.18 Å². The molecule has 2 saturated heterocycles. The van der Waals surface area contributed by atoms with Crippen LogP contribution in [0.4, 0.5) is 4.39 Å². The highest BCUT2D eigenvalue weighted by molar-refractivity contribution is 5.90. The molecule has 0 radical (unpaired) electrons. The van der Waals surface area contributed by atoms with Crippen molar-refractivity contribution in [3.05, 3.63) is 71.2 Å². The van der Waals surface area contributed by atoms with Crippen molar-refractivity contribution >= 4 is 16.8 Å². The normalized spacial score (nSPS) is 21.7. The molecule has 2 aliphatic heterocycles. The standard InChI is InChI=1S/C23H24FN3O/c1-15-20(19-8-5-9-21(24)23(19)25-15)11-22(28)27-14-17-10-18(27)13-26(17)12-16-6-3-2-4-7-16/h2-9,17-18,25H,10-14H2,1H3/t17-,18-/m0/s1. The van der Waals surface area contributed by atoms with Gasteiger partial charge in [0, 0.05) is 42.8 Å². The molecule has 144 valence electrons. The summed E-state index contributed by atoms with van der Waals surface area (Å²) in [7, 11) is 0. The molecule has 0 unspecified atom stereocenters. The third kappa shape index (κ3) is 2.90. The quantitative estimate of drug-likeness (QED) is 0.754. The van der Waals surface area contributed by atoms with Crippen molar-refractivity contribution in [2.45, 2.75) is 38.4 Å². The zero-order valence-corrected chi connectivity index (χ0v) is 16.0. The minimum atomic E-state index is -0.268. The number of para-hydroxylation sites is 1. The number of hydrogen-bond acceptors (Lipinski definition) is 2. The molecule has 2 bridgehead atoms. The van der Waals surface area contributed by atoms with E-state index in [2.05, 4.69) is 34.1 Å². The number of H-pyrrole nitrogens is 1. The predicted molar refractivity (Wildman–Crippen MR) is 107 cm³/mol. The summed E-state index contributed by atoms with van der Waals surface area (Å²) < 4.78 is 14.0. The van der Waals surface area contributed by atoms with Gasteiger partial charge in [-0.2, -0.15) is 0 Å². The molecule has 28 heavy (non-hydrogen) atoms. The van der Waals surface area contributed by atoms with Crippen molar-refractivity contribution in [2.24, 2.45) is 0 Å². The van der Waals surface area contributed by atoms with E-state index < -0.39 is 0 Å². The molecule has 1 amide bonds. The van der Waals surface area contributed by atoms with Gasteiger partial charge in [0.2, 0.25) is 5.91 Å². The Kier molecular flexibility index (Phi) is 4.20. The van der Waals surface area contributed by atoms with E-state index in [0.717, 1.165) is 42.7 Å². The molecule has 3 heterocycles. The molecule has 0 aliphatic carbocycles. The maximum absolute atomic E-state index is 14.0. The van der Waals surface area contributed by atoms with Gasteiger partial charge in [0.15, 0.2) is 0 Å². The van der Waals surface area contributed by atoms with Crippen molar-refractivity contribution in [3.63, 3.8) is 0 Å². The molecular weight excluding hydrogens is 353 g/mol. The molecule has 0 spiro atoms. The summed E-state index contributed by atoms with van der Waals surface area (Å²) in [6.07, 6.45) is 1.39. The fourth-order valence-corrected chi connectivity index (χ4v) is 4.91. The number of halogens is 1. The van der Waals surface area contributed by atoms with Crippen LogP contribution in [-0.2, 0) is 17.8 Å². The summed E-state index contributed by atoms with van der Waals surface area (Å²) in [5.74, 6) is -0.115. The Hall–Kier alpha value is -2.66. The van der Waals surface area contributed by atoms with Gasteiger partial charge in [0.05, 0.1) is 11.9 Å². The van der Waals surface area contributed by atoms with E-state index in [4.69, 9.17) is 0 Å². The first-order valence-corrected chi connectivity index (χ1v) is 9.93. The van der Waals surface area contributed by atoms with Crippen LogP contribution in [0.3, 0.4) is 0 Å². The molecule has 1 N–H and O–H groups in total. The van der Waals surface area contributed by atoms with Gasteiger partial charge in [-0.25, -0.2) is 4.39 Å². The highest BCUT2D eigenvalue weighted by atomic mass is 19.1. The van der Waals surface area contributed by atoms with Crippen LogP contribution >= 0.6 is 0 Å². The van der Waals surface area contributed by atoms with Crippen LogP contribution in [0.1, 0.15) is 23.2 Å². The maximum Gasteiger partial charge on any atom is 0.227 e. The summed E-state index contributed by atoms with van der Waals surface area (Å²) in [5, 5.41) is 0.820. The Morgan fingerprint density at radius 1 is 1.11 bits per heavy atom. The average molecular weight is 377 g/mol. The van der Waals surface area contributed by atoms with Crippen LogP contribution in [0.5, 0.6) is 0 Å². The number of fused-ring (bicyclic) bond motifs is 3. The monoisotopic (exact) mass is 377 g/mol. The number of likely N-dealkylation sites (tertiary alicyclic amines) is 2. The maximum atomic E-state index is 14.0. The molecule has 5 rings (SSSR count). The van der Waals surface area contributed by atoms with Crippen LogP contribution in [0.2, 0.25) is 0 Å². The van der Waals surface area contributed by atoms with Gasteiger partial charge in [-0.05, 0) is 30.5 Å². The molecule has 3 aromatic rings. The number of aryl methyl sites for hydroxylation is 1. The zero-order chi connectivity index (χ0) is 19.3. The third-order valence-corrected chi connectivity index (χ3v) is 6.33. The predicted octanol–water partition coefficient (Wildman–Crippen LogP) is 3.64. The number of hydrogen-bond donors (Lipinski definition) is 1. The van der Waals surface area contributed by atoms with Crippen molar-refractivity contribution in [3.8, 4) is 0 Å². The highest BCUT2D eigenvalue weighted by Gasteiger charge is 2.44. The Labute approximate surface area is 163 Å². The van der Waals surface area contributed by atoms with Gasteiger partial charge in [0.25, 0.3) is 0 Å². The van der Waals surface area contributed by atoms with Crippen LogP contribution in [0.25, 0.3) is 10.9 Å². The fourth-order valence-electron chi connectivity index (χ4n) is 4.91. The number of nitrogens with one attached hydrogen (secondary N) is 1. The Morgan fingerprint density at radius 2 is 1.93 bits per heavy atom. The number of piperazine rings is 1. The Morgan fingerprint density at radius 3 is 2.68 bits per heavy atom. The first-order valence-electron chi connectivity index (χ1n) is 9.93. The number of amides is 1. The van der Waals surface area contributed by atoms with Crippen molar-refractivity contribution < 1.29 is 9.18 Å². The minimum Gasteiger partial charge on any atom is -0.356 e. The number of rotatable bonds is 4. The number of benzene rings is 2. The number of carbonyl (C=O) groups is 1. The van der Waals surface area contributed by atoms with E-state index in [1.54, 1.807) is 6.07 Å². The summed E-state index contributed by atoms with van der Waals surface area (Å²) in [6, 6.07) is 16.3. The lowest BCUT2D eigenvalue weighted by Crippen LogP contribution is -2.48. The van der Waals surface area contributed by atoms with E-state index in [1.807, 2.05) is 24.0 Å². The minimum absolute atomic E-state index is 0.153. The summed E-state index contributed by atoms with van der Waals surface area (Å²) in [4.78, 5) is 20.7. The molecule has 2 fully saturated rings. The van der Waals surface area contributed by atoms with Crippen LogP contribution < -0.4 is 0 Å². The smallest absolute Gasteiger partial charge is 0.227 e. The molecule has 2 aliphatic rings. The van der Waals surface area contributed by atoms with Gasteiger partial charge in [-0.15, -0.1) is 0 Å². The lowest BCUT2D eigenvalue weighted by Gasteiger charge is -2.34. The number of carbonyl (C=O) groups excluding carboxylic acids is 1. The fraction of sp³-hybridized carbons (Fsp3) is 0.348. The highest BCUT2D eigenvalue weighted by Crippen LogP contribution is 2.33. The average Bonchev–Trinajstić information content (AvgIpc) is 3.37. The second kappa shape index (κ2) is 6.74. The second-order valence-corrected chi connectivity index (χ2v) is 8.07. The van der Waals surface area contributed by atoms with Crippen LogP contribution in [-0.4, -0.2) is 45.9 Å². The van der Waals surface area contributed by atoms with Gasteiger partial charge < -0.3 is 9.88 Å². The van der Waals surface area contributed by atoms with Crippen molar-refractivity contribution in [2.75, 3.05) is 13.1 Å². The van der Waals surface area contributed by atoms with E-state index in [1.165, 1.54) is 11.6 Å². The molecular formula is C23H24FN3O. The van der Waals surface area contributed by atoms with E-state index >= 15 is 0 Å². The summed E-state index contributed by atoms with van der Waals surface area (Å²) in [6.45, 7) is 4.60. The van der Waals surface area contributed by atoms with E-state index in [-0.39, 0.29) is 11.7 Å². The van der Waals surface area contributed by atoms with Gasteiger partial charge >= 0.3 is 0 Å². The first kappa shape index (κ1) is 17.4. The number of aromatic nitrogens is 1. The van der Waals surface area contributed by atoms with E-state index in [0.29, 0.717) is 24.0 Å². The largest absolute Gasteiger partial charge is 0.356 e.